The Labute approximate surface area is 177 Å². The quantitative estimate of drug-likeness (QED) is 0.491. The minimum Gasteiger partial charge on any atom is -0.340 e. The van der Waals surface area contributed by atoms with Gasteiger partial charge in [-0.3, -0.25) is 9.89 Å². The molecular weight excluding hydrogens is 400 g/mol. The molecule has 0 aliphatic carbocycles. The predicted molar refractivity (Wildman–Crippen MR) is 116 cm³/mol. The SMILES string of the molecule is CC1(F)CCN(C(=O)c2cccc3cc(Nc4[nH]nc5ncc(F)cc45)ccc23)CC1. The molecule has 2 N–H and O–H groups in total. The molecule has 1 saturated heterocycles. The third-order valence-electron chi connectivity index (χ3n) is 5.85. The van der Waals surface area contributed by atoms with Crippen LogP contribution >= 0.6 is 0 Å². The molecule has 3 heterocycles. The molecule has 0 unspecified atom stereocenters. The lowest BCUT2D eigenvalue weighted by Gasteiger charge is -2.34. The first kappa shape index (κ1) is 19.4. The number of pyridine rings is 1. The minimum atomic E-state index is -1.20. The van der Waals surface area contributed by atoms with E-state index in [1.54, 1.807) is 17.9 Å². The maximum atomic E-state index is 14.1. The van der Waals surface area contributed by atoms with E-state index in [1.165, 1.54) is 6.07 Å². The van der Waals surface area contributed by atoms with Crippen LogP contribution < -0.4 is 5.32 Å². The van der Waals surface area contributed by atoms with E-state index in [-0.39, 0.29) is 5.91 Å². The van der Waals surface area contributed by atoms with Gasteiger partial charge in [0.1, 0.15) is 17.3 Å². The first-order valence-corrected chi connectivity index (χ1v) is 10.2. The van der Waals surface area contributed by atoms with E-state index in [2.05, 4.69) is 20.5 Å². The fraction of sp³-hybridized carbons (Fsp3) is 0.261. The van der Waals surface area contributed by atoms with E-state index in [0.29, 0.717) is 48.3 Å². The maximum Gasteiger partial charge on any atom is 0.254 e. The summed E-state index contributed by atoms with van der Waals surface area (Å²) in [6, 6.07) is 12.6. The van der Waals surface area contributed by atoms with Gasteiger partial charge in [0.15, 0.2) is 5.65 Å². The summed E-state index contributed by atoms with van der Waals surface area (Å²) in [6.07, 6.45) is 1.83. The van der Waals surface area contributed by atoms with Crippen molar-refractivity contribution in [2.75, 3.05) is 18.4 Å². The summed E-state index contributed by atoms with van der Waals surface area (Å²) in [5.41, 5.74) is 0.581. The van der Waals surface area contributed by atoms with Crippen molar-refractivity contribution < 1.29 is 13.6 Å². The highest BCUT2D eigenvalue weighted by Crippen LogP contribution is 2.30. The van der Waals surface area contributed by atoms with Gasteiger partial charge >= 0.3 is 0 Å². The van der Waals surface area contributed by atoms with Crippen LogP contribution in [0.3, 0.4) is 0 Å². The van der Waals surface area contributed by atoms with Crippen LogP contribution in [0.25, 0.3) is 21.8 Å². The van der Waals surface area contributed by atoms with Crippen molar-refractivity contribution in [1.29, 1.82) is 0 Å². The summed E-state index contributed by atoms with van der Waals surface area (Å²) >= 11 is 0. The fourth-order valence-corrected chi connectivity index (χ4v) is 4.01. The van der Waals surface area contributed by atoms with E-state index >= 15 is 0 Å². The predicted octanol–water partition coefficient (Wildman–Crippen LogP) is 4.96. The number of hydrogen-bond donors (Lipinski definition) is 2. The number of benzene rings is 2. The molecule has 4 aromatic rings. The molecule has 8 heteroatoms. The second-order valence-electron chi connectivity index (χ2n) is 8.20. The molecule has 1 amide bonds. The average molecular weight is 421 g/mol. The van der Waals surface area contributed by atoms with Crippen LogP contribution in [0.4, 0.5) is 20.3 Å². The van der Waals surface area contributed by atoms with Gasteiger partial charge in [-0.25, -0.2) is 13.8 Å². The Morgan fingerprint density at radius 3 is 2.77 bits per heavy atom. The molecule has 1 aliphatic rings. The van der Waals surface area contributed by atoms with Crippen molar-refractivity contribution in [1.82, 2.24) is 20.1 Å². The van der Waals surface area contributed by atoms with Crippen LogP contribution in [0.15, 0.2) is 48.7 Å². The fourth-order valence-electron chi connectivity index (χ4n) is 4.01. The van der Waals surface area contributed by atoms with Gasteiger partial charge in [-0.15, -0.1) is 0 Å². The van der Waals surface area contributed by atoms with E-state index in [4.69, 9.17) is 0 Å². The smallest absolute Gasteiger partial charge is 0.254 e. The summed E-state index contributed by atoms with van der Waals surface area (Å²) in [7, 11) is 0. The van der Waals surface area contributed by atoms with E-state index in [9.17, 15) is 13.6 Å². The van der Waals surface area contributed by atoms with Gasteiger partial charge in [0.25, 0.3) is 5.91 Å². The average Bonchev–Trinajstić information content (AvgIpc) is 3.14. The normalized spacial score (nSPS) is 16.0. The van der Waals surface area contributed by atoms with Crippen LogP contribution in [0.2, 0.25) is 0 Å². The number of fused-ring (bicyclic) bond motifs is 2. The highest BCUT2D eigenvalue weighted by atomic mass is 19.1. The van der Waals surface area contributed by atoms with Gasteiger partial charge in [0.2, 0.25) is 0 Å². The number of alkyl halides is 1. The zero-order valence-electron chi connectivity index (χ0n) is 17.0. The molecule has 1 fully saturated rings. The van der Waals surface area contributed by atoms with Crippen molar-refractivity contribution in [3.05, 3.63) is 60.0 Å². The Hall–Kier alpha value is -3.55. The molecule has 5 rings (SSSR count). The zero-order valence-corrected chi connectivity index (χ0v) is 17.0. The number of piperidine rings is 1. The number of likely N-dealkylation sites (tertiary alicyclic amines) is 1. The summed E-state index contributed by atoms with van der Waals surface area (Å²) in [5, 5.41) is 12.4. The van der Waals surface area contributed by atoms with Gasteiger partial charge in [-0.1, -0.05) is 18.2 Å². The van der Waals surface area contributed by atoms with Gasteiger partial charge in [-0.05, 0) is 54.8 Å². The van der Waals surface area contributed by atoms with E-state index < -0.39 is 11.5 Å². The van der Waals surface area contributed by atoms with Crippen molar-refractivity contribution in [3.63, 3.8) is 0 Å². The van der Waals surface area contributed by atoms with Gasteiger partial charge < -0.3 is 10.2 Å². The Kier molecular flexibility index (Phi) is 4.57. The van der Waals surface area contributed by atoms with Gasteiger partial charge in [-0.2, -0.15) is 5.10 Å². The molecule has 0 atom stereocenters. The molecule has 0 saturated carbocycles. The number of carbonyl (C=O) groups excluding carboxylic acids is 1. The van der Waals surface area contributed by atoms with E-state index in [1.807, 2.05) is 30.3 Å². The lowest BCUT2D eigenvalue weighted by atomic mass is 9.94. The maximum absolute atomic E-state index is 14.1. The van der Waals surface area contributed by atoms with Crippen LogP contribution in [0.1, 0.15) is 30.1 Å². The number of carbonyl (C=O) groups is 1. The summed E-state index contributed by atoms with van der Waals surface area (Å²) in [5.74, 6) is 0.0171. The number of halogens is 2. The zero-order chi connectivity index (χ0) is 21.6. The minimum absolute atomic E-state index is 0.0806. The lowest BCUT2D eigenvalue weighted by Crippen LogP contribution is -2.43. The standard InChI is InChI=1S/C23H21F2N5O/c1-23(25)7-9-30(10-8-23)22(31)18-4-2-3-14-11-16(5-6-17(14)18)27-21-19-12-15(24)13-26-20(19)28-29-21/h2-6,11-13H,7-10H2,1H3,(H2,26,27,28,29). The van der Waals surface area contributed by atoms with Crippen LogP contribution in [0, 0.1) is 5.82 Å². The van der Waals surface area contributed by atoms with Crippen molar-refractivity contribution >= 4 is 39.2 Å². The Balaban J connectivity index is 1.43. The largest absolute Gasteiger partial charge is 0.340 e. The van der Waals surface area contributed by atoms with Crippen LogP contribution in [-0.4, -0.2) is 44.7 Å². The molecular formula is C23H21F2N5O. The van der Waals surface area contributed by atoms with Crippen molar-refractivity contribution in [2.24, 2.45) is 0 Å². The molecule has 31 heavy (non-hydrogen) atoms. The topological polar surface area (TPSA) is 73.9 Å². The number of aromatic nitrogens is 3. The molecule has 1 aliphatic heterocycles. The molecule has 2 aromatic carbocycles. The van der Waals surface area contributed by atoms with E-state index in [0.717, 1.165) is 22.7 Å². The number of H-pyrrole nitrogens is 1. The van der Waals surface area contributed by atoms with Crippen LogP contribution in [-0.2, 0) is 0 Å². The third kappa shape index (κ3) is 3.69. The summed E-state index contributed by atoms with van der Waals surface area (Å²) in [6.45, 7) is 2.42. The first-order chi connectivity index (χ1) is 14.9. The highest BCUT2D eigenvalue weighted by Gasteiger charge is 2.32. The number of nitrogens with one attached hydrogen (secondary N) is 2. The molecule has 0 radical (unpaired) electrons. The summed E-state index contributed by atoms with van der Waals surface area (Å²) in [4.78, 5) is 18.8. The van der Waals surface area contributed by atoms with Crippen LogP contribution in [0.5, 0.6) is 0 Å². The molecule has 158 valence electrons. The first-order valence-electron chi connectivity index (χ1n) is 10.2. The second-order valence-corrected chi connectivity index (χ2v) is 8.20. The molecule has 0 spiro atoms. The monoisotopic (exact) mass is 421 g/mol. The second kappa shape index (κ2) is 7.30. The summed E-state index contributed by atoms with van der Waals surface area (Å²) < 4.78 is 27.7. The Morgan fingerprint density at radius 2 is 1.97 bits per heavy atom. The molecule has 2 aromatic heterocycles. The lowest BCUT2D eigenvalue weighted by molar-refractivity contribution is 0.0505. The third-order valence-corrected chi connectivity index (χ3v) is 5.85. The Bertz CT molecular complexity index is 1290. The van der Waals surface area contributed by atoms with Gasteiger partial charge in [0, 0.05) is 24.3 Å². The number of aromatic amines is 1. The molecule has 0 bridgehead atoms. The number of amides is 1. The van der Waals surface area contributed by atoms with Crippen molar-refractivity contribution in [3.8, 4) is 0 Å². The number of nitrogens with zero attached hydrogens (tertiary/aromatic N) is 3. The highest BCUT2D eigenvalue weighted by molar-refractivity contribution is 6.07. The Morgan fingerprint density at radius 1 is 1.16 bits per heavy atom. The molecule has 6 nitrogen and oxygen atoms in total. The number of hydrogen-bond acceptors (Lipinski definition) is 4. The number of rotatable bonds is 3. The van der Waals surface area contributed by atoms with Gasteiger partial charge in [0.05, 0.1) is 11.6 Å². The van der Waals surface area contributed by atoms with Crippen molar-refractivity contribution in [2.45, 2.75) is 25.4 Å². The number of anilines is 2.